The highest BCUT2D eigenvalue weighted by Gasteiger charge is 2.28. The van der Waals surface area contributed by atoms with Gasteiger partial charge < -0.3 is 5.73 Å². The van der Waals surface area contributed by atoms with Gasteiger partial charge in [0, 0.05) is 12.5 Å². The van der Waals surface area contributed by atoms with Crippen LogP contribution in [-0.2, 0) is 10.0 Å². The monoisotopic (exact) mass is 261 g/mol. The van der Waals surface area contributed by atoms with Crippen LogP contribution < -0.4 is 10.5 Å². The third-order valence-electron chi connectivity index (χ3n) is 3.28. The second-order valence-corrected chi connectivity index (χ2v) is 6.75. The van der Waals surface area contributed by atoms with Gasteiger partial charge in [-0.2, -0.15) is 0 Å². The van der Waals surface area contributed by atoms with Gasteiger partial charge in [-0.3, -0.25) is 5.41 Å². The van der Waals surface area contributed by atoms with Crippen LogP contribution in [0.3, 0.4) is 0 Å². The van der Waals surface area contributed by atoms with Gasteiger partial charge in [0.05, 0.1) is 11.1 Å². The van der Waals surface area contributed by atoms with Crippen LogP contribution in [0, 0.1) is 5.41 Å². The summed E-state index contributed by atoms with van der Waals surface area (Å²) in [4.78, 5) is 0. The molecule has 17 heavy (non-hydrogen) atoms. The molecule has 1 aliphatic carbocycles. The molecule has 0 aromatic carbocycles. The van der Waals surface area contributed by atoms with Gasteiger partial charge in [0.15, 0.2) is 0 Å². The van der Waals surface area contributed by atoms with Gasteiger partial charge in [-0.1, -0.05) is 26.2 Å². The van der Waals surface area contributed by atoms with Crippen molar-refractivity contribution in [1.82, 2.24) is 4.72 Å². The maximum Gasteiger partial charge on any atom is 0.214 e. The van der Waals surface area contributed by atoms with Crippen molar-refractivity contribution in [3.8, 4) is 0 Å². The van der Waals surface area contributed by atoms with Crippen molar-refractivity contribution in [3.05, 3.63) is 0 Å². The Morgan fingerprint density at radius 1 is 1.41 bits per heavy atom. The van der Waals surface area contributed by atoms with E-state index < -0.39 is 10.0 Å². The van der Waals surface area contributed by atoms with Crippen LogP contribution in [0.4, 0.5) is 0 Å². The molecular formula is C11H23N3O2S. The average molecular weight is 261 g/mol. The first-order valence-corrected chi connectivity index (χ1v) is 7.84. The number of nitrogens with one attached hydrogen (secondary N) is 2. The van der Waals surface area contributed by atoms with Crippen LogP contribution in [0.15, 0.2) is 0 Å². The number of nitrogens with two attached hydrogens (primary N) is 1. The summed E-state index contributed by atoms with van der Waals surface area (Å²) in [5.41, 5.74) is 5.31. The van der Waals surface area contributed by atoms with Crippen molar-refractivity contribution in [2.45, 2.75) is 63.2 Å². The average Bonchev–Trinajstić information content (AvgIpc) is 2.28. The molecule has 4 N–H and O–H groups in total. The molecule has 0 aromatic heterocycles. The Morgan fingerprint density at radius 3 is 2.47 bits per heavy atom. The van der Waals surface area contributed by atoms with E-state index in [-0.39, 0.29) is 17.1 Å². The second kappa shape index (κ2) is 6.35. The molecule has 1 atom stereocenters. The topological polar surface area (TPSA) is 96.0 Å². The van der Waals surface area contributed by atoms with Crippen molar-refractivity contribution < 1.29 is 8.42 Å². The Kier molecular flexibility index (Phi) is 5.39. The van der Waals surface area contributed by atoms with Gasteiger partial charge >= 0.3 is 0 Å². The minimum absolute atomic E-state index is 0.0307. The molecule has 1 unspecified atom stereocenters. The van der Waals surface area contributed by atoms with Crippen molar-refractivity contribution in [1.29, 1.82) is 5.41 Å². The Bertz CT molecular complexity index is 348. The Balaban J connectivity index is 2.59. The fourth-order valence-corrected chi connectivity index (χ4v) is 4.10. The summed E-state index contributed by atoms with van der Waals surface area (Å²) in [6, 6.07) is -0.237. The minimum atomic E-state index is -3.24. The van der Waals surface area contributed by atoms with E-state index >= 15 is 0 Å². The molecule has 0 saturated heterocycles. The Labute approximate surface area is 104 Å². The van der Waals surface area contributed by atoms with Crippen LogP contribution >= 0.6 is 0 Å². The van der Waals surface area contributed by atoms with Crippen molar-refractivity contribution >= 4 is 15.9 Å². The maximum absolute atomic E-state index is 12.1. The molecule has 0 spiro atoms. The lowest BCUT2D eigenvalue weighted by Crippen LogP contribution is -2.43. The van der Waals surface area contributed by atoms with E-state index in [9.17, 15) is 8.42 Å². The highest BCUT2D eigenvalue weighted by molar-refractivity contribution is 7.90. The molecule has 0 aromatic rings. The maximum atomic E-state index is 12.1. The third-order valence-corrected chi connectivity index (χ3v) is 5.29. The van der Waals surface area contributed by atoms with E-state index in [0.717, 1.165) is 32.1 Å². The summed E-state index contributed by atoms with van der Waals surface area (Å²) >= 11 is 0. The number of rotatable bonds is 6. The lowest BCUT2D eigenvalue weighted by Gasteiger charge is -2.25. The zero-order chi connectivity index (χ0) is 12.9. The van der Waals surface area contributed by atoms with Crippen molar-refractivity contribution in [2.24, 2.45) is 5.73 Å². The summed E-state index contributed by atoms with van der Waals surface area (Å²) in [6.07, 6.45) is 5.59. The second-order valence-electron chi connectivity index (χ2n) is 4.76. The highest BCUT2D eigenvalue weighted by atomic mass is 32.2. The molecule has 5 nitrogen and oxygen atoms in total. The first kappa shape index (κ1) is 14.4. The Hall–Kier alpha value is -0.620. The minimum Gasteiger partial charge on any atom is -0.388 e. The van der Waals surface area contributed by atoms with Crippen molar-refractivity contribution in [3.63, 3.8) is 0 Å². The van der Waals surface area contributed by atoms with E-state index in [0.29, 0.717) is 12.8 Å². The first-order valence-electron chi connectivity index (χ1n) is 6.29. The number of sulfonamides is 1. The van der Waals surface area contributed by atoms with Crippen LogP contribution in [0.5, 0.6) is 0 Å². The number of hydrogen-bond acceptors (Lipinski definition) is 3. The summed E-state index contributed by atoms with van der Waals surface area (Å²) in [7, 11) is -3.24. The molecule has 100 valence electrons. The predicted molar refractivity (Wildman–Crippen MR) is 69.5 cm³/mol. The summed E-state index contributed by atoms with van der Waals surface area (Å²) in [6.45, 7) is 1.90. The quantitative estimate of drug-likeness (QED) is 0.497. The van der Waals surface area contributed by atoms with Crippen LogP contribution in [0.25, 0.3) is 0 Å². The standard InChI is InChI=1S/C11H23N3O2S/c1-2-9(8-11(12)13)14-17(15,16)10-6-4-3-5-7-10/h9-10,14H,2-8H2,1H3,(H3,12,13). The van der Waals surface area contributed by atoms with Gasteiger partial charge in [0.25, 0.3) is 0 Å². The van der Waals surface area contributed by atoms with Gasteiger partial charge in [0.2, 0.25) is 10.0 Å². The van der Waals surface area contributed by atoms with Crippen LogP contribution in [-0.4, -0.2) is 25.5 Å². The van der Waals surface area contributed by atoms with Gasteiger partial charge in [-0.25, -0.2) is 13.1 Å². The molecule has 6 heteroatoms. The molecular weight excluding hydrogens is 238 g/mol. The highest BCUT2D eigenvalue weighted by Crippen LogP contribution is 2.23. The molecule has 1 saturated carbocycles. The molecule has 1 fully saturated rings. The fourth-order valence-electron chi connectivity index (χ4n) is 2.24. The number of hydrogen-bond donors (Lipinski definition) is 3. The van der Waals surface area contributed by atoms with Crippen molar-refractivity contribution in [2.75, 3.05) is 0 Å². The smallest absolute Gasteiger partial charge is 0.214 e. The number of amidine groups is 1. The summed E-state index contributed by atoms with van der Waals surface area (Å²) < 4.78 is 26.9. The van der Waals surface area contributed by atoms with E-state index in [1.807, 2.05) is 6.92 Å². The zero-order valence-electron chi connectivity index (χ0n) is 10.4. The molecule has 1 aliphatic rings. The molecule has 0 aliphatic heterocycles. The molecule has 1 rings (SSSR count). The van der Waals surface area contributed by atoms with Crippen LogP contribution in [0.1, 0.15) is 51.9 Å². The van der Waals surface area contributed by atoms with Gasteiger partial charge in [-0.05, 0) is 19.3 Å². The lowest BCUT2D eigenvalue weighted by atomic mass is 10.0. The van der Waals surface area contributed by atoms with Gasteiger partial charge in [0.1, 0.15) is 0 Å². The van der Waals surface area contributed by atoms with E-state index in [1.165, 1.54) is 0 Å². The summed E-state index contributed by atoms with van der Waals surface area (Å²) in [5.74, 6) is 0.0307. The molecule has 0 bridgehead atoms. The van der Waals surface area contributed by atoms with Crippen LogP contribution in [0.2, 0.25) is 0 Å². The largest absolute Gasteiger partial charge is 0.388 e. The summed E-state index contributed by atoms with van der Waals surface area (Å²) in [5, 5.41) is 6.97. The normalized spacial score (nSPS) is 20.1. The van der Waals surface area contributed by atoms with E-state index in [1.54, 1.807) is 0 Å². The third kappa shape index (κ3) is 4.63. The lowest BCUT2D eigenvalue weighted by molar-refractivity contribution is 0.468. The Morgan fingerprint density at radius 2 is 2.00 bits per heavy atom. The SMILES string of the molecule is CCC(CC(=N)N)NS(=O)(=O)C1CCCCC1. The zero-order valence-corrected chi connectivity index (χ0v) is 11.2. The van der Waals surface area contributed by atoms with E-state index in [4.69, 9.17) is 11.1 Å². The molecule has 0 radical (unpaired) electrons. The fraction of sp³-hybridized carbons (Fsp3) is 0.909. The van der Waals surface area contributed by atoms with Gasteiger partial charge in [-0.15, -0.1) is 0 Å². The first-order chi connectivity index (χ1) is 7.95. The molecule has 0 heterocycles. The van der Waals surface area contributed by atoms with E-state index in [2.05, 4.69) is 4.72 Å². The predicted octanol–water partition coefficient (Wildman–Crippen LogP) is 1.34. The molecule has 0 amide bonds.